The lowest BCUT2D eigenvalue weighted by molar-refractivity contribution is -0.137. The Morgan fingerprint density at radius 3 is 2.63 bits per heavy atom. The third-order valence-corrected chi connectivity index (χ3v) is 2.86. The Morgan fingerprint density at radius 1 is 1.42 bits per heavy atom. The molecule has 1 aromatic carbocycles. The molecule has 0 spiro atoms. The van der Waals surface area contributed by atoms with Gasteiger partial charge in [0.05, 0.1) is 12.2 Å². The molecule has 19 heavy (non-hydrogen) atoms. The minimum atomic E-state index is -4.59. The number of hydrogen-bond acceptors (Lipinski definition) is 3. The summed E-state index contributed by atoms with van der Waals surface area (Å²) in [7, 11) is 0. The van der Waals surface area contributed by atoms with Crippen LogP contribution in [0.3, 0.4) is 0 Å². The zero-order chi connectivity index (χ0) is 14.0. The van der Waals surface area contributed by atoms with Crippen molar-refractivity contribution in [1.29, 1.82) is 0 Å². The molecule has 1 fully saturated rings. The number of benzene rings is 1. The second kappa shape index (κ2) is 4.99. The molecule has 0 atom stereocenters. The number of nitrogens with zero attached hydrogens (tertiary/aromatic N) is 1. The quantitative estimate of drug-likeness (QED) is 0.384. The molecule has 0 saturated heterocycles. The maximum Gasteiger partial charge on any atom is 0.417 e. The molecule has 2 rings (SSSR count). The minimum Gasteiger partial charge on any atom is -0.493 e. The molecule has 0 radical (unpaired) electrons. The monoisotopic (exact) mass is 274 g/mol. The van der Waals surface area contributed by atoms with Gasteiger partial charge in [-0.25, -0.2) is 0 Å². The lowest BCUT2D eigenvalue weighted by Gasteiger charge is -2.14. The predicted molar refractivity (Wildman–Crippen MR) is 62.2 cm³/mol. The normalized spacial score (nSPS) is 16.5. The Balaban J connectivity index is 2.29. The van der Waals surface area contributed by atoms with E-state index >= 15 is 0 Å². The van der Waals surface area contributed by atoms with Crippen LogP contribution in [0.5, 0.6) is 5.75 Å². The number of amidine groups is 1. The number of ether oxygens (including phenoxy) is 1. The molecule has 1 aliphatic carbocycles. The summed E-state index contributed by atoms with van der Waals surface area (Å²) >= 11 is 0. The smallest absolute Gasteiger partial charge is 0.417 e. The van der Waals surface area contributed by atoms with Crippen molar-refractivity contribution in [3.05, 3.63) is 29.3 Å². The largest absolute Gasteiger partial charge is 0.493 e. The van der Waals surface area contributed by atoms with Crippen molar-refractivity contribution in [1.82, 2.24) is 0 Å². The van der Waals surface area contributed by atoms with Gasteiger partial charge in [0.2, 0.25) is 0 Å². The van der Waals surface area contributed by atoms with Gasteiger partial charge in [-0.1, -0.05) is 5.16 Å². The molecule has 0 aromatic heterocycles. The van der Waals surface area contributed by atoms with Crippen molar-refractivity contribution in [2.75, 3.05) is 6.61 Å². The minimum absolute atomic E-state index is 0.133. The van der Waals surface area contributed by atoms with Gasteiger partial charge in [0.15, 0.2) is 5.84 Å². The highest BCUT2D eigenvalue weighted by molar-refractivity contribution is 5.98. The van der Waals surface area contributed by atoms with Gasteiger partial charge in [0.25, 0.3) is 0 Å². The Bertz CT molecular complexity index is 496. The average molecular weight is 274 g/mol. The summed E-state index contributed by atoms with van der Waals surface area (Å²) in [5.41, 5.74) is 3.89. The fraction of sp³-hybridized carbons (Fsp3) is 0.417. The van der Waals surface area contributed by atoms with Gasteiger partial charge in [-0.15, -0.1) is 0 Å². The van der Waals surface area contributed by atoms with E-state index < -0.39 is 17.6 Å². The lowest BCUT2D eigenvalue weighted by atomic mass is 10.1. The van der Waals surface area contributed by atoms with Gasteiger partial charge >= 0.3 is 6.18 Å². The third kappa shape index (κ3) is 3.30. The Hall–Kier alpha value is -1.92. The maximum absolute atomic E-state index is 12.9. The second-order valence-electron chi connectivity index (χ2n) is 4.44. The summed E-state index contributed by atoms with van der Waals surface area (Å²) in [6, 6.07) is 3.39. The van der Waals surface area contributed by atoms with E-state index in [1.807, 2.05) is 0 Å². The van der Waals surface area contributed by atoms with E-state index in [1.54, 1.807) is 0 Å². The van der Waals surface area contributed by atoms with E-state index in [-0.39, 0.29) is 11.3 Å². The topological polar surface area (TPSA) is 67.8 Å². The van der Waals surface area contributed by atoms with E-state index in [0.29, 0.717) is 12.5 Å². The van der Waals surface area contributed by atoms with Crippen LogP contribution >= 0.6 is 0 Å². The highest BCUT2D eigenvalue weighted by Gasteiger charge is 2.35. The van der Waals surface area contributed by atoms with Crippen LogP contribution in [0.25, 0.3) is 0 Å². The summed E-state index contributed by atoms with van der Waals surface area (Å²) in [6.07, 6.45) is -2.49. The summed E-state index contributed by atoms with van der Waals surface area (Å²) < 4.78 is 44.0. The standard InChI is InChI=1S/C12H13F3N2O2/c13-12(14,15)10-5-8(19-6-7-1-2-7)3-4-9(10)11(16)17-18/h3-5,7,18H,1-2,6H2,(H2,16,17). The van der Waals surface area contributed by atoms with Crippen LogP contribution in [-0.4, -0.2) is 17.6 Å². The average Bonchev–Trinajstić information content (AvgIpc) is 3.18. The van der Waals surface area contributed by atoms with Crippen LogP contribution in [0.4, 0.5) is 13.2 Å². The van der Waals surface area contributed by atoms with E-state index in [2.05, 4.69) is 5.16 Å². The number of oxime groups is 1. The maximum atomic E-state index is 12.9. The van der Waals surface area contributed by atoms with Crippen LogP contribution in [0, 0.1) is 5.92 Å². The molecule has 0 bridgehead atoms. The number of alkyl halides is 3. The zero-order valence-electron chi connectivity index (χ0n) is 9.94. The zero-order valence-corrected chi connectivity index (χ0v) is 9.94. The van der Waals surface area contributed by atoms with Crippen molar-refractivity contribution >= 4 is 5.84 Å². The number of halogens is 3. The molecule has 0 unspecified atom stereocenters. The van der Waals surface area contributed by atoms with E-state index in [4.69, 9.17) is 15.7 Å². The molecule has 7 heteroatoms. The van der Waals surface area contributed by atoms with Gasteiger partial charge in [-0.3, -0.25) is 0 Å². The van der Waals surface area contributed by atoms with Crippen molar-refractivity contribution in [2.24, 2.45) is 16.8 Å². The van der Waals surface area contributed by atoms with Crippen LogP contribution in [0.1, 0.15) is 24.0 Å². The fourth-order valence-electron chi connectivity index (χ4n) is 1.62. The van der Waals surface area contributed by atoms with Gasteiger partial charge in [-0.2, -0.15) is 13.2 Å². The number of rotatable bonds is 4. The first-order valence-corrected chi connectivity index (χ1v) is 5.73. The third-order valence-electron chi connectivity index (χ3n) is 2.86. The SMILES string of the molecule is N/C(=N\O)c1ccc(OCC2CC2)cc1C(F)(F)F. The Kier molecular flexibility index (Phi) is 3.55. The molecular weight excluding hydrogens is 261 g/mol. The van der Waals surface area contributed by atoms with E-state index in [0.717, 1.165) is 25.0 Å². The van der Waals surface area contributed by atoms with E-state index in [9.17, 15) is 13.2 Å². The molecule has 0 amide bonds. The first-order valence-electron chi connectivity index (χ1n) is 5.73. The summed E-state index contributed by atoms with van der Waals surface area (Å²) in [5, 5.41) is 11.1. The summed E-state index contributed by atoms with van der Waals surface area (Å²) in [5.74, 6) is -0.00660. The molecule has 3 N–H and O–H groups in total. The van der Waals surface area contributed by atoms with Crippen LogP contribution < -0.4 is 10.5 Å². The molecule has 4 nitrogen and oxygen atoms in total. The molecular formula is C12H13F3N2O2. The van der Waals surface area contributed by atoms with Crippen molar-refractivity contribution < 1.29 is 23.1 Å². The van der Waals surface area contributed by atoms with Gasteiger partial charge in [-0.05, 0) is 37.0 Å². The summed E-state index contributed by atoms with van der Waals surface area (Å²) in [4.78, 5) is 0. The molecule has 0 aliphatic heterocycles. The Labute approximate surface area is 107 Å². The van der Waals surface area contributed by atoms with Gasteiger partial charge < -0.3 is 15.7 Å². The molecule has 0 heterocycles. The van der Waals surface area contributed by atoms with Gasteiger partial charge in [0, 0.05) is 5.56 Å². The first-order chi connectivity index (χ1) is 8.91. The molecule has 104 valence electrons. The van der Waals surface area contributed by atoms with Crippen molar-refractivity contribution in [3.63, 3.8) is 0 Å². The highest BCUT2D eigenvalue weighted by Crippen LogP contribution is 2.35. The van der Waals surface area contributed by atoms with Gasteiger partial charge in [0.1, 0.15) is 5.75 Å². The summed E-state index contributed by atoms with van der Waals surface area (Å²) in [6.45, 7) is 0.417. The van der Waals surface area contributed by atoms with Crippen LogP contribution in [-0.2, 0) is 6.18 Å². The predicted octanol–water partition coefficient (Wildman–Crippen LogP) is 2.59. The number of nitrogens with two attached hydrogens (primary N) is 1. The van der Waals surface area contributed by atoms with Crippen LogP contribution in [0.2, 0.25) is 0 Å². The molecule has 1 saturated carbocycles. The van der Waals surface area contributed by atoms with Crippen molar-refractivity contribution in [3.8, 4) is 5.75 Å². The fourth-order valence-corrected chi connectivity index (χ4v) is 1.62. The second-order valence-corrected chi connectivity index (χ2v) is 4.44. The number of hydrogen-bond donors (Lipinski definition) is 2. The highest BCUT2D eigenvalue weighted by atomic mass is 19.4. The van der Waals surface area contributed by atoms with Crippen LogP contribution in [0.15, 0.2) is 23.4 Å². The van der Waals surface area contributed by atoms with E-state index in [1.165, 1.54) is 6.07 Å². The Morgan fingerprint density at radius 2 is 2.11 bits per heavy atom. The van der Waals surface area contributed by atoms with Crippen molar-refractivity contribution in [2.45, 2.75) is 19.0 Å². The first kappa shape index (κ1) is 13.5. The molecule has 1 aliphatic rings. The molecule has 1 aromatic rings. The lowest BCUT2D eigenvalue weighted by Crippen LogP contribution is -2.20.